The van der Waals surface area contributed by atoms with Crippen LogP contribution in [-0.4, -0.2) is 43.3 Å². The fourth-order valence-corrected chi connectivity index (χ4v) is 3.12. The second kappa shape index (κ2) is 10.8. The largest absolute Gasteiger partial charge is 0.476 e. The minimum Gasteiger partial charge on any atom is -0.476 e. The number of halogens is 2. The van der Waals surface area contributed by atoms with Gasteiger partial charge in [-0.05, 0) is 12.1 Å². The summed E-state index contributed by atoms with van der Waals surface area (Å²) in [6, 6.07) is 12.3. The van der Waals surface area contributed by atoms with Crippen LogP contribution in [0.4, 0.5) is 0 Å². The highest BCUT2D eigenvalue weighted by molar-refractivity contribution is 9.10. The monoisotopic (exact) mass is 468 g/mol. The number of ether oxygens (including phenoxy) is 1. The number of carbonyl (C=O) groups is 1. The van der Waals surface area contributed by atoms with E-state index in [2.05, 4.69) is 31.1 Å². The number of methoxy groups -OCH3 is 1. The zero-order valence-corrected chi connectivity index (χ0v) is 17.5. The van der Waals surface area contributed by atoms with E-state index in [9.17, 15) is 9.90 Å². The Morgan fingerprint density at radius 3 is 2.46 bits per heavy atom. The Balaban J connectivity index is 2.33. The Morgan fingerprint density at radius 2 is 1.82 bits per heavy atom. The number of carboxylic acids is 1. The molecule has 0 heterocycles. The first-order chi connectivity index (χ1) is 13.5. The first-order valence-corrected chi connectivity index (χ1v) is 9.21. The SMILES string of the molecule is COC/C(=N\OCc1c(Cl)cccc1C(=NOC)C(=O)O)c1ccccc1Br. The van der Waals surface area contributed by atoms with Crippen molar-refractivity contribution in [3.63, 3.8) is 0 Å². The first kappa shape index (κ1) is 21.9. The molecule has 0 atom stereocenters. The number of nitrogens with zero attached hydrogens (tertiary/aromatic N) is 2. The normalized spacial score (nSPS) is 12.0. The van der Waals surface area contributed by atoms with Gasteiger partial charge in [0.2, 0.25) is 0 Å². The quantitative estimate of drug-likeness (QED) is 0.441. The Kier molecular flexibility index (Phi) is 8.43. The summed E-state index contributed by atoms with van der Waals surface area (Å²) in [6.07, 6.45) is 0. The molecule has 2 rings (SSSR count). The topological polar surface area (TPSA) is 89.7 Å². The predicted molar refractivity (Wildman–Crippen MR) is 110 cm³/mol. The molecule has 2 aromatic carbocycles. The van der Waals surface area contributed by atoms with Crippen molar-refractivity contribution in [2.45, 2.75) is 6.61 Å². The molecule has 0 bridgehead atoms. The van der Waals surface area contributed by atoms with Gasteiger partial charge in [-0.3, -0.25) is 0 Å². The molecule has 28 heavy (non-hydrogen) atoms. The van der Waals surface area contributed by atoms with Gasteiger partial charge in [0, 0.05) is 33.3 Å². The van der Waals surface area contributed by atoms with E-state index in [1.807, 2.05) is 24.3 Å². The van der Waals surface area contributed by atoms with Crippen LogP contribution < -0.4 is 0 Å². The number of rotatable bonds is 9. The third-order valence-corrected chi connectivity index (χ3v) is 4.65. The molecule has 0 aromatic heterocycles. The van der Waals surface area contributed by atoms with Gasteiger partial charge in [-0.25, -0.2) is 4.79 Å². The van der Waals surface area contributed by atoms with Gasteiger partial charge in [-0.2, -0.15) is 0 Å². The average Bonchev–Trinajstić information content (AvgIpc) is 2.67. The number of oxime groups is 2. The van der Waals surface area contributed by atoms with Crippen molar-refractivity contribution < 1.29 is 24.3 Å². The first-order valence-electron chi connectivity index (χ1n) is 8.04. The molecule has 2 aromatic rings. The molecule has 148 valence electrons. The summed E-state index contributed by atoms with van der Waals surface area (Å²) in [5, 5.41) is 17.4. The van der Waals surface area contributed by atoms with Gasteiger partial charge in [-0.15, -0.1) is 0 Å². The number of carboxylic acid groups (broad SMARTS) is 1. The highest BCUT2D eigenvalue weighted by Crippen LogP contribution is 2.23. The van der Waals surface area contributed by atoms with Crippen LogP contribution >= 0.6 is 27.5 Å². The maximum Gasteiger partial charge on any atom is 0.358 e. The van der Waals surface area contributed by atoms with Gasteiger partial charge in [0.05, 0.1) is 6.61 Å². The van der Waals surface area contributed by atoms with E-state index in [0.717, 1.165) is 10.0 Å². The van der Waals surface area contributed by atoms with Crippen molar-refractivity contribution in [1.29, 1.82) is 0 Å². The molecule has 0 saturated carbocycles. The number of benzene rings is 2. The molecule has 0 aliphatic carbocycles. The van der Waals surface area contributed by atoms with E-state index in [1.54, 1.807) is 25.3 Å². The molecule has 0 saturated heterocycles. The standard InChI is InChI=1S/C19H18BrClN2O5/c1-26-11-17(13-6-3-4-8-15(13)20)22-28-10-14-12(7-5-9-16(14)21)18(19(24)25)23-27-2/h3-9H,10-11H2,1-2H3,(H,24,25)/b22-17+,23-18?. The van der Waals surface area contributed by atoms with Crippen molar-refractivity contribution in [1.82, 2.24) is 0 Å². The van der Waals surface area contributed by atoms with E-state index in [4.69, 9.17) is 21.2 Å². The summed E-state index contributed by atoms with van der Waals surface area (Å²) in [7, 11) is 2.82. The lowest BCUT2D eigenvalue weighted by Crippen LogP contribution is -2.17. The molecule has 0 unspecified atom stereocenters. The smallest absolute Gasteiger partial charge is 0.358 e. The van der Waals surface area contributed by atoms with Gasteiger partial charge in [-0.1, -0.05) is 68.2 Å². The third-order valence-electron chi connectivity index (χ3n) is 3.61. The highest BCUT2D eigenvalue weighted by Gasteiger charge is 2.20. The second-order valence-corrected chi connectivity index (χ2v) is 6.68. The second-order valence-electron chi connectivity index (χ2n) is 5.42. The van der Waals surface area contributed by atoms with Crippen LogP contribution in [0.1, 0.15) is 16.7 Å². The predicted octanol–water partition coefficient (Wildman–Crippen LogP) is 4.10. The number of aliphatic carboxylic acids is 1. The van der Waals surface area contributed by atoms with Crippen LogP contribution in [0.3, 0.4) is 0 Å². The van der Waals surface area contributed by atoms with E-state index in [0.29, 0.717) is 16.3 Å². The van der Waals surface area contributed by atoms with Crippen molar-refractivity contribution in [3.8, 4) is 0 Å². The van der Waals surface area contributed by atoms with E-state index >= 15 is 0 Å². The lowest BCUT2D eigenvalue weighted by atomic mass is 10.0. The number of hydrogen-bond acceptors (Lipinski definition) is 6. The van der Waals surface area contributed by atoms with Gasteiger partial charge < -0.3 is 19.5 Å². The third kappa shape index (κ3) is 5.54. The van der Waals surface area contributed by atoms with Gasteiger partial charge >= 0.3 is 5.97 Å². The van der Waals surface area contributed by atoms with Crippen LogP contribution in [0, 0.1) is 0 Å². The summed E-state index contributed by atoms with van der Waals surface area (Å²) in [5.41, 5.74) is 1.81. The minimum absolute atomic E-state index is 0.0668. The summed E-state index contributed by atoms with van der Waals surface area (Å²) in [6.45, 7) is 0.159. The van der Waals surface area contributed by atoms with Gasteiger partial charge in [0.15, 0.2) is 5.71 Å². The fourth-order valence-electron chi connectivity index (χ4n) is 2.38. The van der Waals surface area contributed by atoms with Crippen molar-refractivity contribution in [2.24, 2.45) is 10.3 Å². The summed E-state index contributed by atoms with van der Waals surface area (Å²) in [5.74, 6) is -1.25. The molecule has 0 aliphatic rings. The molecular formula is C19H18BrClN2O5. The van der Waals surface area contributed by atoms with Crippen molar-refractivity contribution in [2.75, 3.05) is 20.8 Å². The maximum absolute atomic E-state index is 11.5. The van der Waals surface area contributed by atoms with Gasteiger partial charge in [0.25, 0.3) is 0 Å². The Hall–Kier alpha value is -2.42. The molecule has 1 N–H and O–H groups in total. The minimum atomic E-state index is -1.25. The molecular weight excluding hydrogens is 452 g/mol. The van der Waals surface area contributed by atoms with Crippen molar-refractivity contribution >= 4 is 44.9 Å². The molecule has 0 amide bonds. The van der Waals surface area contributed by atoms with Crippen molar-refractivity contribution in [3.05, 3.63) is 68.7 Å². The Bertz CT molecular complexity index is 902. The zero-order chi connectivity index (χ0) is 20.5. The zero-order valence-electron chi connectivity index (χ0n) is 15.2. The van der Waals surface area contributed by atoms with E-state index < -0.39 is 5.97 Å². The average molecular weight is 470 g/mol. The maximum atomic E-state index is 11.5. The van der Waals surface area contributed by atoms with Crippen LogP contribution in [0.5, 0.6) is 0 Å². The van der Waals surface area contributed by atoms with Crippen LogP contribution in [0.25, 0.3) is 0 Å². The highest BCUT2D eigenvalue weighted by atomic mass is 79.9. The summed E-state index contributed by atoms with van der Waals surface area (Å²) >= 11 is 9.72. The van der Waals surface area contributed by atoms with Crippen LogP contribution in [-0.2, 0) is 25.8 Å². The van der Waals surface area contributed by atoms with Crippen LogP contribution in [0.15, 0.2) is 57.2 Å². The lowest BCUT2D eigenvalue weighted by molar-refractivity contribution is -0.129. The molecule has 0 aliphatic heterocycles. The van der Waals surface area contributed by atoms with Crippen LogP contribution in [0.2, 0.25) is 5.02 Å². The molecule has 9 heteroatoms. The Morgan fingerprint density at radius 1 is 1.11 bits per heavy atom. The number of hydrogen-bond donors (Lipinski definition) is 1. The molecule has 7 nitrogen and oxygen atoms in total. The van der Waals surface area contributed by atoms with E-state index in [-0.39, 0.29) is 24.5 Å². The summed E-state index contributed by atoms with van der Waals surface area (Å²) in [4.78, 5) is 21.6. The molecule has 0 radical (unpaired) electrons. The summed E-state index contributed by atoms with van der Waals surface area (Å²) < 4.78 is 6.04. The molecule has 0 fully saturated rings. The lowest BCUT2D eigenvalue weighted by Gasteiger charge is -2.12. The van der Waals surface area contributed by atoms with E-state index in [1.165, 1.54) is 7.11 Å². The Labute approximate surface area is 175 Å². The fraction of sp³-hybridized carbons (Fsp3) is 0.211. The van der Waals surface area contributed by atoms with Gasteiger partial charge in [0.1, 0.15) is 19.4 Å². The molecule has 0 spiro atoms.